The van der Waals surface area contributed by atoms with E-state index in [0.29, 0.717) is 10.0 Å². The predicted molar refractivity (Wildman–Crippen MR) is 120 cm³/mol. The lowest BCUT2D eigenvalue weighted by atomic mass is 10.3. The summed E-state index contributed by atoms with van der Waals surface area (Å²) >= 11 is 13.5. The van der Waals surface area contributed by atoms with Crippen molar-refractivity contribution in [1.82, 2.24) is 0 Å². The van der Waals surface area contributed by atoms with Crippen LogP contribution in [0.3, 0.4) is 0 Å². The van der Waals surface area contributed by atoms with Crippen molar-refractivity contribution in [3.63, 3.8) is 0 Å². The summed E-state index contributed by atoms with van der Waals surface area (Å²) < 4.78 is 11.7. The number of benzene rings is 4. The quantitative estimate of drug-likeness (QED) is 0.299. The summed E-state index contributed by atoms with van der Waals surface area (Å²) in [5.41, 5.74) is 0. The molecule has 0 N–H and O–H groups in total. The first-order chi connectivity index (χ1) is 14.1. The molecule has 0 saturated carbocycles. The molecule has 0 aliphatic rings. The summed E-state index contributed by atoms with van der Waals surface area (Å²) in [5, 5.41) is 1.38. The summed E-state index contributed by atoms with van der Waals surface area (Å²) in [6, 6.07) is 30.6. The minimum absolute atomic E-state index is 0.689. The largest absolute Gasteiger partial charge is 0.457 e. The molecule has 29 heavy (non-hydrogen) atoms. The molecule has 4 rings (SSSR count). The third kappa shape index (κ3) is 5.70. The summed E-state index contributed by atoms with van der Waals surface area (Å²) in [5.74, 6) is 3.07. The Bertz CT molecular complexity index is 973. The molecule has 0 heterocycles. The second-order valence-corrected chi connectivity index (χ2v) is 8.18. The maximum absolute atomic E-state index is 5.90. The van der Waals surface area contributed by atoms with Gasteiger partial charge in [-0.2, -0.15) is 0 Å². The average Bonchev–Trinajstić information content (AvgIpc) is 2.74. The highest BCUT2D eigenvalue weighted by atomic mass is 35.5. The van der Waals surface area contributed by atoms with Crippen molar-refractivity contribution in [2.24, 2.45) is 0 Å². The molecule has 0 bridgehead atoms. The molecule has 0 spiro atoms. The van der Waals surface area contributed by atoms with Crippen LogP contribution in [0.5, 0.6) is 23.0 Å². The molecule has 4 aromatic carbocycles. The molecule has 0 fully saturated rings. The van der Waals surface area contributed by atoms with E-state index in [9.17, 15) is 0 Å². The van der Waals surface area contributed by atoms with Crippen LogP contribution in [0.25, 0.3) is 0 Å². The molecular formula is C24H16Cl2O2S. The minimum atomic E-state index is 0.689. The zero-order valence-corrected chi connectivity index (χ0v) is 17.5. The normalized spacial score (nSPS) is 10.6. The van der Waals surface area contributed by atoms with Crippen LogP contribution in [-0.2, 0) is 0 Å². The summed E-state index contributed by atoms with van der Waals surface area (Å²) in [7, 11) is 0. The fraction of sp³-hybridized carbons (Fsp3) is 0. The van der Waals surface area contributed by atoms with E-state index in [0.717, 1.165) is 32.8 Å². The van der Waals surface area contributed by atoms with E-state index in [1.807, 2.05) is 72.8 Å². The van der Waals surface area contributed by atoms with Crippen LogP contribution in [0.15, 0.2) is 107 Å². The fourth-order valence-electron chi connectivity index (χ4n) is 2.56. The Labute approximate surface area is 184 Å². The van der Waals surface area contributed by atoms with E-state index >= 15 is 0 Å². The second-order valence-electron chi connectivity index (χ2n) is 6.16. The lowest BCUT2D eigenvalue weighted by molar-refractivity contribution is 0.482. The summed E-state index contributed by atoms with van der Waals surface area (Å²) in [4.78, 5) is 2.25. The van der Waals surface area contributed by atoms with Gasteiger partial charge in [0.1, 0.15) is 23.0 Å². The minimum Gasteiger partial charge on any atom is -0.457 e. The van der Waals surface area contributed by atoms with Crippen LogP contribution in [0.2, 0.25) is 10.0 Å². The van der Waals surface area contributed by atoms with Crippen molar-refractivity contribution < 1.29 is 9.47 Å². The Hall–Kier alpha value is -2.59. The van der Waals surface area contributed by atoms with E-state index in [1.54, 1.807) is 36.0 Å². The highest BCUT2D eigenvalue weighted by molar-refractivity contribution is 7.99. The van der Waals surface area contributed by atoms with Gasteiger partial charge in [-0.3, -0.25) is 0 Å². The van der Waals surface area contributed by atoms with E-state index in [2.05, 4.69) is 0 Å². The van der Waals surface area contributed by atoms with Crippen LogP contribution in [0.1, 0.15) is 0 Å². The van der Waals surface area contributed by atoms with Crippen molar-refractivity contribution in [2.45, 2.75) is 9.79 Å². The van der Waals surface area contributed by atoms with Crippen LogP contribution in [0, 0.1) is 0 Å². The van der Waals surface area contributed by atoms with Gasteiger partial charge in [-0.15, -0.1) is 0 Å². The third-order valence-corrected chi connectivity index (χ3v) is 5.50. The Morgan fingerprint density at radius 1 is 0.414 bits per heavy atom. The Morgan fingerprint density at radius 3 is 1.00 bits per heavy atom. The van der Waals surface area contributed by atoms with Gasteiger partial charge in [0, 0.05) is 19.8 Å². The topological polar surface area (TPSA) is 18.5 Å². The van der Waals surface area contributed by atoms with Gasteiger partial charge in [0.25, 0.3) is 0 Å². The average molecular weight is 439 g/mol. The molecule has 0 radical (unpaired) electrons. The SMILES string of the molecule is Clc1ccc(Oc2ccc(Sc3ccc(Oc4ccc(Cl)cc4)cc3)cc2)cc1. The van der Waals surface area contributed by atoms with Gasteiger partial charge in [-0.1, -0.05) is 35.0 Å². The predicted octanol–water partition coefficient (Wildman–Crippen LogP) is 8.73. The van der Waals surface area contributed by atoms with Gasteiger partial charge in [-0.05, 0) is 97.1 Å². The highest BCUT2D eigenvalue weighted by Crippen LogP contribution is 2.32. The number of halogens is 2. The Morgan fingerprint density at radius 2 is 0.690 bits per heavy atom. The molecule has 0 atom stereocenters. The molecule has 0 amide bonds. The lowest BCUT2D eigenvalue weighted by Gasteiger charge is -2.08. The molecule has 0 saturated heterocycles. The van der Waals surface area contributed by atoms with Crippen LogP contribution in [-0.4, -0.2) is 0 Å². The first-order valence-electron chi connectivity index (χ1n) is 8.89. The van der Waals surface area contributed by atoms with E-state index in [1.165, 1.54) is 0 Å². The molecule has 5 heteroatoms. The van der Waals surface area contributed by atoms with Gasteiger partial charge in [0.15, 0.2) is 0 Å². The maximum Gasteiger partial charge on any atom is 0.127 e. The Balaban J connectivity index is 1.36. The molecule has 2 nitrogen and oxygen atoms in total. The highest BCUT2D eigenvalue weighted by Gasteiger charge is 2.02. The lowest BCUT2D eigenvalue weighted by Crippen LogP contribution is -1.84. The molecule has 144 valence electrons. The third-order valence-electron chi connectivity index (χ3n) is 3.98. The van der Waals surface area contributed by atoms with Crippen molar-refractivity contribution in [3.8, 4) is 23.0 Å². The van der Waals surface area contributed by atoms with E-state index in [-0.39, 0.29) is 0 Å². The molecule has 4 aromatic rings. The number of rotatable bonds is 6. The molecular weight excluding hydrogens is 423 g/mol. The molecule has 0 aliphatic carbocycles. The monoisotopic (exact) mass is 438 g/mol. The number of hydrogen-bond acceptors (Lipinski definition) is 3. The first-order valence-corrected chi connectivity index (χ1v) is 10.5. The van der Waals surface area contributed by atoms with Crippen molar-refractivity contribution >= 4 is 35.0 Å². The van der Waals surface area contributed by atoms with Crippen LogP contribution >= 0.6 is 35.0 Å². The fourth-order valence-corrected chi connectivity index (χ4v) is 3.63. The second kappa shape index (κ2) is 9.27. The van der Waals surface area contributed by atoms with Gasteiger partial charge >= 0.3 is 0 Å². The summed E-state index contributed by atoms with van der Waals surface area (Å²) in [6.07, 6.45) is 0. The molecule has 0 aliphatic heterocycles. The zero-order chi connectivity index (χ0) is 20.1. The van der Waals surface area contributed by atoms with E-state index < -0.39 is 0 Å². The van der Waals surface area contributed by atoms with Crippen LogP contribution < -0.4 is 9.47 Å². The number of hydrogen-bond donors (Lipinski definition) is 0. The van der Waals surface area contributed by atoms with Gasteiger partial charge in [0.2, 0.25) is 0 Å². The molecule has 0 aromatic heterocycles. The van der Waals surface area contributed by atoms with Gasteiger partial charge < -0.3 is 9.47 Å². The smallest absolute Gasteiger partial charge is 0.127 e. The van der Waals surface area contributed by atoms with Crippen LogP contribution in [0.4, 0.5) is 0 Å². The standard InChI is InChI=1S/C24H16Cl2O2S/c25-17-1-5-19(6-2-17)27-21-9-13-23(14-10-21)29-24-15-11-22(12-16-24)28-20-7-3-18(26)4-8-20/h1-16H. The first kappa shape index (κ1) is 19.7. The van der Waals surface area contributed by atoms with Crippen molar-refractivity contribution in [1.29, 1.82) is 0 Å². The summed E-state index contributed by atoms with van der Waals surface area (Å²) in [6.45, 7) is 0. The van der Waals surface area contributed by atoms with Gasteiger partial charge in [0.05, 0.1) is 0 Å². The number of ether oxygens (including phenoxy) is 2. The molecule has 0 unspecified atom stereocenters. The Kier molecular flexibility index (Phi) is 6.30. The van der Waals surface area contributed by atoms with Crippen molar-refractivity contribution in [3.05, 3.63) is 107 Å². The zero-order valence-electron chi connectivity index (χ0n) is 15.2. The van der Waals surface area contributed by atoms with Gasteiger partial charge in [-0.25, -0.2) is 0 Å². The van der Waals surface area contributed by atoms with Crippen molar-refractivity contribution in [2.75, 3.05) is 0 Å². The van der Waals surface area contributed by atoms with E-state index in [4.69, 9.17) is 32.7 Å². The maximum atomic E-state index is 5.90.